The fourth-order valence-electron chi connectivity index (χ4n) is 0. The van der Waals surface area contributed by atoms with Gasteiger partial charge in [0.15, 0.2) is 0 Å². The van der Waals surface area contributed by atoms with Crippen molar-refractivity contribution in [1.29, 1.82) is 0 Å². The number of hydrogen-bond donors (Lipinski definition) is 1. The molecule has 0 aromatic rings. The average Bonchev–Trinajstić information content (AvgIpc) is 1.71. The van der Waals surface area contributed by atoms with Crippen LogP contribution < -0.4 is 0 Å². The maximum absolute atomic E-state index is 10.5. The van der Waals surface area contributed by atoms with Gasteiger partial charge < -0.3 is 5.11 Å². The Labute approximate surface area is 77.2 Å². The van der Waals surface area contributed by atoms with Crippen LogP contribution in [0.25, 0.3) is 0 Å². The molecule has 0 saturated heterocycles. The summed E-state index contributed by atoms with van der Waals surface area (Å²) in [6.45, 7) is -1.73. The van der Waals surface area contributed by atoms with E-state index in [4.69, 9.17) is 8.78 Å². The van der Waals surface area contributed by atoms with Crippen LogP contribution >= 0.6 is 24.8 Å². The van der Waals surface area contributed by atoms with Crippen LogP contribution in [0.4, 0.5) is 13.2 Å². The van der Waals surface area contributed by atoms with E-state index in [0.717, 1.165) is 17.4 Å². The number of hydrogen-bond acceptors (Lipinski definition) is 2. The Balaban J connectivity index is -0.0000000412. The van der Waals surface area contributed by atoms with E-state index in [1.807, 2.05) is 0 Å². The van der Waals surface area contributed by atoms with Crippen molar-refractivity contribution in [2.75, 3.05) is 6.61 Å². The Hall–Kier alpha value is 0.714. The summed E-state index contributed by atoms with van der Waals surface area (Å²) in [6.07, 6.45) is -4.40. The molecule has 0 amide bonds. The molecule has 65 valence electrons. The molecule has 0 aromatic carbocycles. The van der Waals surface area contributed by atoms with Crippen LogP contribution in [0, 0.1) is 0 Å². The van der Waals surface area contributed by atoms with Gasteiger partial charge in [-0.15, -0.1) is 24.8 Å². The summed E-state index contributed by atoms with van der Waals surface area (Å²) < 4.78 is 39.8. The van der Waals surface area contributed by atoms with Gasteiger partial charge >= 0.3 is 27.2 Å². The molecule has 0 bridgehead atoms. The molecule has 0 heterocycles. The quantitative estimate of drug-likeness (QED) is 0.691. The monoisotopic (exact) mass is 239 g/mol. The predicted octanol–water partition coefficient (Wildman–Crippen LogP) is 1.26. The van der Waals surface area contributed by atoms with Gasteiger partial charge in [0.25, 0.3) is 0 Å². The molecule has 0 atom stereocenters. The molecule has 0 fully saturated rings. The summed E-state index contributed by atoms with van der Waals surface area (Å²) in [5.41, 5.74) is 0. The third-order valence-corrected chi connectivity index (χ3v) is 0.179. The fraction of sp³-hybridized carbons (Fsp3) is 1.00. The molecule has 2 nitrogen and oxygen atoms in total. The van der Waals surface area contributed by atoms with Crippen molar-refractivity contribution in [2.45, 2.75) is 6.18 Å². The van der Waals surface area contributed by atoms with E-state index >= 15 is 0 Å². The molecule has 0 aromatic heterocycles. The van der Waals surface area contributed by atoms with Crippen LogP contribution in [0.2, 0.25) is 0 Å². The second-order valence-corrected chi connectivity index (χ2v) is 0.773. The third-order valence-electron chi connectivity index (χ3n) is 0.179. The van der Waals surface area contributed by atoms with Gasteiger partial charge in [-0.1, -0.05) is 0 Å². The normalized spacial score (nSPS) is 7.50. The molecule has 0 aliphatic carbocycles. The molecule has 10 heavy (non-hydrogen) atoms. The van der Waals surface area contributed by atoms with Crippen molar-refractivity contribution in [3.05, 3.63) is 0 Å². The first-order valence-electron chi connectivity index (χ1n) is 1.42. The molecule has 0 aliphatic heterocycles. The molecule has 0 radical (unpaired) electrons. The fourth-order valence-corrected chi connectivity index (χ4v) is 0. The zero-order valence-electron chi connectivity index (χ0n) is 4.46. The summed E-state index contributed by atoms with van der Waals surface area (Å²) in [4.78, 5) is 0. The molecule has 0 rings (SSSR count). The van der Waals surface area contributed by atoms with Gasteiger partial charge in [0.2, 0.25) is 0 Å². The van der Waals surface area contributed by atoms with E-state index in [0.29, 0.717) is 0 Å². The van der Waals surface area contributed by atoms with Crippen molar-refractivity contribution in [3.63, 3.8) is 0 Å². The number of halogens is 5. The molecule has 8 heteroatoms. The summed E-state index contributed by atoms with van der Waals surface area (Å²) in [5, 5.41) is 7.28. The Morgan fingerprint density at radius 3 is 1.30 bits per heavy atom. The van der Waals surface area contributed by atoms with Gasteiger partial charge in [-0.3, -0.25) is 0 Å². The second-order valence-electron chi connectivity index (χ2n) is 0.773. The average molecular weight is 240 g/mol. The van der Waals surface area contributed by atoms with Crippen LogP contribution in [-0.2, 0) is 21.0 Å². The van der Waals surface area contributed by atoms with Crippen LogP contribution in [-0.4, -0.2) is 17.9 Å². The van der Waals surface area contributed by atoms with Crippen LogP contribution in [0.3, 0.4) is 0 Å². The SMILES string of the molecule is Cl.Cl.OCC(F)(F)F.[O]=[V]. The predicted molar refractivity (Wildman–Crippen MR) is 28.3 cm³/mol. The van der Waals surface area contributed by atoms with Gasteiger partial charge in [0, 0.05) is 0 Å². The van der Waals surface area contributed by atoms with Gasteiger partial charge in [0.05, 0.1) is 0 Å². The second kappa shape index (κ2) is 12.4. The van der Waals surface area contributed by atoms with E-state index in [2.05, 4.69) is 0 Å². The molecular weight excluding hydrogens is 235 g/mol. The van der Waals surface area contributed by atoms with E-state index in [9.17, 15) is 13.2 Å². The number of aliphatic hydroxyl groups is 1. The van der Waals surface area contributed by atoms with Crippen LogP contribution in [0.15, 0.2) is 0 Å². The molecule has 1 N–H and O–H groups in total. The topological polar surface area (TPSA) is 37.3 Å². The summed E-state index contributed by atoms with van der Waals surface area (Å²) in [7, 11) is 0. The summed E-state index contributed by atoms with van der Waals surface area (Å²) >= 11 is 1.06. The van der Waals surface area contributed by atoms with Crippen LogP contribution in [0.5, 0.6) is 0 Å². The number of aliphatic hydroxyl groups excluding tert-OH is 1. The first kappa shape index (κ1) is 22.4. The Morgan fingerprint density at radius 2 is 1.30 bits per heavy atom. The van der Waals surface area contributed by atoms with Crippen LogP contribution in [0.1, 0.15) is 0 Å². The van der Waals surface area contributed by atoms with Gasteiger partial charge in [-0.2, -0.15) is 13.2 Å². The Kier molecular flexibility index (Phi) is 27.8. The molecule has 0 aliphatic rings. The molecular formula is C2H5Cl2F3O2V. The van der Waals surface area contributed by atoms with Gasteiger partial charge in [0.1, 0.15) is 6.61 Å². The van der Waals surface area contributed by atoms with E-state index < -0.39 is 12.8 Å². The summed E-state index contributed by atoms with van der Waals surface area (Å²) in [5.74, 6) is 0. The Morgan fingerprint density at radius 1 is 1.20 bits per heavy atom. The van der Waals surface area contributed by atoms with Crippen molar-refractivity contribution < 1.29 is 39.3 Å². The maximum atomic E-state index is 10.5. The number of alkyl halides is 3. The molecule has 0 spiro atoms. The minimum absolute atomic E-state index is 0. The Bertz CT molecular complexity index is 61.0. The zero-order chi connectivity index (χ0) is 7.21. The number of rotatable bonds is 0. The van der Waals surface area contributed by atoms with Crippen molar-refractivity contribution in [3.8, 4) is 0 Å². The van der Waals surface area contributed by atoms with Gasteiger partial charge in [-0.05, 0) is 0 Å². The van der Waals surface area contributed by atoms with Crippen molar-refractivity contribution in [2.24, 2.45) is 0 Å². The van der Waals surface area contributed by atoms with Crippen molar-refractivity contribution >= 4 is 24.8 Å². The van der Waals surface area contributed by atoms with E-state index in [-0.39, 0.29) is 24.8 Å². The first-order chi connectivity index (χ1) is 3.56. The zero-order valence-corrected chi connectivity index (χ0v) is 7.49. The molecule has 0 saturated carbocycles. The van der Waals surface area contributed by atoms with E-state index in [1.165, 1.54) is 0 Å². The van der Waals surface area contributed by atoms with Crippen molar-refractivity contribution in [1.82, 2.24) is 0 Å². The molecule has 0 unspecified atom stereocenters. The van der Waals surface area contributed by atoms with Gasteiger partial charge in [-0.25, -0.2) is 0 Å². The first-order valence-corrected chi connectivity index (χ1v) is 1.99. The third kappa shape index (κ3) is 37.6. The van der Waals surface area contributed by atoms with E-state index in [1.54, 1.807) is 0 Å². The minimum atomic E-state index is -4.40. The standard InChI is InChI=1S/C2H3F3O.2ClH.O.V/c3-2(4,5)1-6;;;;/h6H,1H2;2*1H;;. The summed E-state index contributed by atoms with van der Waals surface area (Å²) in [6, 6.07) is 0.